The lowest BCUT2D eigenvalue weighted by Gasteiger charge is -2.23. The van der Waals surface area contributed by atoms with Crippen molar-refractivity contribution in [2.75, 3.05) is 38.3 Å². The molecule has 1 saturated heterocycles. The third kappa shape index (κ3) is 4.62. The number of carbonyl (C=O) groups is 3. The summed E-state index contributed by atoms with van der Waals surface area (Å²) in [5.74, 6) is -3.03. The van der Waals surface area contributed by atoms with E-state index in [1.165, 1.54) is 12.0 Å². The molecule has 7 nitrogen and oxygen atoms in total. The fourth-order valence-electron chi connectivity index (χ4n) is 2.69. The van der Waals surface area contributed by atoms with Crippen molar-refractivity contribution in [3.8, 4) is 0 Å². The smallest absolute Gasteiger partial charge is 0.323 e. The minimum Gasteiger partial charge on any atom is -0.480 e. The summed E-state index contributed by atoms with van der Waals surface area (Å²) in [5, 5.41) is 9.76. The lowest BCUT2D eigenvalue weighted by molar-refractivity contribution is -0.148. The Balaban J connectivity index is 2.17. The van der Waals surface area contributed by atoms with Gasteiger partial charge in [0.15, 0.2) is 0 Å². The van der Waals surface area contributed by atoms with E-state index in [1.807, 2.05) is 0 Å². The lowest BCUT2D eigenvalue weighted by atomic mass is 10.1. The third-order valence-electron chi connectivity index (χ3n) is 3.91. The van der Waals surface area contributed by atoms with Gasteiger partial charge in [-0.25, -0.2) is 0 Å². The van der Waals surface area contributed by atoms with Gasteiger partial charge in [0, 0.05) is 25.2 Å². The van der Waals surface area contributed by atoms with Crippen molar-refractivity contribution in [1.82, 2.24) is 4.90 Å². The van der Waals surface area contributed by atoms with Gasteiger partial charge in [0.25, 0.3) is 0 Å². The number of hydrogen-bond acceptors (Lipinski definition) is 4. The standard InChI is InChI=1S/C16H18Cl2N2O5/c1-25-7-6-19(9-14(21)22)15(23)11-4-5-20(16(11)24)13-8-10(17)2-3-12(13)18/h2-3,8,11H,4-7,9H2,1H3,(H,21,22). The summed E-state index contributed by atoms with van der Waals surface area (Å²) in [6.07, 6.45) is 0.281. The maximum Gasteiger partial charge on any atom is 0.323 e. The molecule has 1 aliphatic heterocycles. The molecule has 1 fully saturated rings. The minimum atomic E-state index is -1.15. The molecule has 136 valence electrons. The molecule has 1 heterocycles. The molecule has 0 bridgehead atoms. The van der Waals surface area contributed by atoms with E-state index in [2.05, 4.69) is 0 Å². The van der Waals surface area contributed by atoms with Crippen LogP contribution in [0.3, 0.4) is 0 Å². The number of ether oxygens (including phenoxy) is 1. The third-order valence-corrected chi connectivity index (χ3v) is 4.46. The van der Waals surface area contributed by atoms with E-state index in [0.29, 0.717) is 22.3 Å². The Morgan fingerprint density at radius 3 is 2.76 bits per heavy atom. The van der Waals surface area contributed by atoms with Crippen molar-refractivity contribution in [1.29, 1.82) is 0 Å². The van der Waals surface area contributed by atoms with E-state index in [4.69, 9.17) is 33.0 Å². The number of aliphatic carboxylic acids is 1. The molecule has 2 amide bonds. The number of carboxylic acids is 1. The number of nitrogens with zero attached hydrogens (tertiary/aromatic N) is 2. The second-order valence-electron chi connectivity index (χ2n) is 5.57. The topological polar surface area (TPSA) is 87.2 Å². The molecule has 25 heavy (non-hydrogen) atoms. The maximum absolute atomic E-state index is 12.7. The number of rotatable bonds is 7. The van der Waals surface area contributed by atoms with Gasteiger partial charge in [0.05, 0.1) is 17.3 Å². The molecule has 1 unspecified atom stereocenters. The summed E-state index contributed by atoms with van der Waals surface area (Å²) in [6, 6.07) is 4.75. The van der Waals surface area contributed by atoms with Gasteiger partial charge in [-0.05, 0) is 24.6 Å². The highest BCUT2D eigenvalue weighted by Crippen LogP contribution is 2.34. The molecule has 1 N–H and O–H groups in total. The zero-order chi connectivity index (χ0) is 18.6. The van der Waals surface area contributed by atoms with E-state index in [9.17, 15) is 14.4 Å². The first kappa shape index (κ1) is 19.5. The second-order valence-corrected chi connectivity index (χ2v) is 6.42. The zero-order valence-electron chi connectivity index (χ0n) is 13.6. The molecule has 1 aliphatic rings. The van der Waals surface area contributed by atoms with Gasteiger partial charge in [-0.3, -0.25) is 14.4 Å². The predicted molar refractivity (Wildman–Crippen MR) is 93.0 cm³/mol. The van der Waals surface area contributed by atoms with E-state index in [1.54, 1.807) is 18.2 Å². The first-order chi connectivity index (χ1) is 11.8. The fourth-order valence-corrected chi connectivity index (χ4v) is 3.08. The van der Waals surface area contributed by atoms with Gasteiger partial charge in [0.1, 0.15) is 12.5 Å². The van der Waals surface area contributed by atoms with Crippen LogP contribution >= 0.6 is 23.2 Å². The number of anilines is 1. The number of carbonyl (C=O) groups excluding carboxylic acids is 2. The quantitative estimate of drug-likeness (QED) is 0.720. The van der Waals surface area contributed by atoms with Crippen LogP contribution < -0.4 is 4.90 Å². The largest absolute Gasteiger partial charge is 0.480 e. The highest BCUT2D eigenvalue weighted by molar-refractivity contribution is 6.36. The van der Waals surface area contributed by atoms with Crippen LogP contribution in [0.1, 0.15) is 6.42 Å². The Hall–Kier alpha value is -1.83. The molecule has 1 atom stereocenters. The van der Waals surface area contributed by atoms with E-state index >= 15 is 0 Å². The average Bonchev–Trinajstić information content (AvgIpc) is 2.94. The predicted octanol–water partition coefficient (Wildman–Crippen LogP) is 1.91. The van der Waals surface area contributed by atoms with E-state index in [-0.39, 0.29) is 19.6 Å². The summed E-state index contributed by atoms with van der Waals surface area (Å²) in [4.78, 5) is 38.8. The summed E-state index contributed by atoms with van der Waals surface area (Å²) in [7, 11) is 1.45. The fraction of sp³-hybridized carbons (Fsp3) is 0.438. The van der Waals surface area contributed by atoms with Crippen molar-refractivity contribution in [3.63, 3.8) is 0 Å². The van der Waals surface area contributed by atoms with Gasteiger partial charge >= 0.3 is 5.97 Å². The molecule has 9 heteroatoms. The van der Waals surface area contributed by atoms with Crippen LogP contribution in [0.2, 0.25) is 10.0 Å². The van der Waals surface area contributed by atoms with Crippen LogP contribution in [-0.4, -0.2) is 61.1 Å². The molecule has 0 saturated carbocycles. The minimum absolute atomic E-state index is 0.101. The Kier molecular flexibility index (Phi) is 6.64. The van der Waals surface area contributed by atoms with Crippen LogP contribution in [0.4, 0.5) is 5.69 Å². The summed E-state index contributed by atoms with van der Waals surface area (Å²) in [6.45, 7) is 0.109. The maximum atomic E-state index is 12.7. The van der Waals surface area contributed by atoms with Gasteiger partial charge < -0.3 is 19.6 Å². The molecule has 0 aromatic heterocycles. The highest BCUT2D eigenvalue weighted by atomic mass is 35.5. The molecular weight excluding hydrogens is 371 g/mol. The second kappa shape index (κ2) is 8.51. The van der Waals surface area contributed by atoms with Crippen molar-refractivity contribution in [2.24, 2.45) is 5.92 Å². The molecule has 2 rings (SSSR count). The van der Waals surface area contributed by atoms with Crippen molar-refractivity contribution in [2.45, 2.75) is 6.42 Å². The van der Waals surface area contributed by atoms with Gasteiger partial charge in [-0.15, -0.1) is 0 Å². The monoisotopic (exact) mass is 388 g/mol. The number of benzene rings is 1. The van der Waals surface area contributed by atoms with Crippen LogP contribution in [0.25, 0.3) is 0 Å². The van der Waals surface area contributed by atoms with Crippen LogP contribution in [0.15, 0.2) is 18.2 Å². The van der Waals surface area contributed by atoms with Gasteiger partial charge in [0.2, 0.25) is 11.8 Å². The summed E-state index contributed by atoms with van der Waals surface area (Å²) in [5.41, 5.74) is 0.441. The molecule has 0 aliphatic carbocycles. The number of halogens is 2. The average molecular weight is 389 g/mol. The molecule has 0 spiro atoms. The Morgan fingerprint density at radius 1 is 1.40 bits per heavy atom. The Labute approximate surface area is 155 Å². The Bertz CT molecular complexity index is 682. The van der Waals surface area contributed by atoms with Crippen molar-refractivity contribution >= 4 is 46.7 Å². The normalized spacial score (nSPS) is 17.0. The van der Waals surface area contributed by atoms with Crippen LogP contribution in [-0.2, 0) is 19.1 Å². The molecule has 1 aromatic rings. The number of methoxy groups -OCH3 is 1. The molecule has 0 radical (unpaired) electrons. The molecular formula is C16H18Cl2N2O5. The Morgan fingerprint density at radius 2 is 2.12 bits per heavy atom. The number of hydrogen-bond donors (Lipinski definition) is 1. The summed E-state index contributed by atoms with van der Waals surface area (Å²) < 4.78 is 4.90. The van der Waals surface area contributed by atoms with E-state index in [0.717, 1.165) is 4.90 Å². The zero-order valence-corrected chi connectivity index (χ0v) is 15.1. The number of amides is 2. The van der Waals surface area contributed by atoms with Crippen LogP contribution in [0.5, 0.6) is 0 Å². The first-order valence-corrected chi connectivity index (χ1v) is 8.36. The van der Waals surface area contributed by atoms with Crippen molar-refractivity contribution < 1.29 is 24.2 Å². The van der Waals surface area contributed by atoms with Crippen LogP contribution in [0, 0.1) is 5.92 Å². The summed E-state index contributed by atoms with van der Waals surface area (Å²) >= 11 is 12.1. The number of carboxylic acid groups (broad SMARTS) is 1. The lowest BCUT2D eigenvalue weighted by Crippen LogP contribution is -2.44. The van der Waals surface area contributed by atoms with E-state index < -0.39 is 30.2 Å². The molecule has 1 aromatic carbocycles. The SMILES string of the molecule is COCCN(CC(=O)O)C(=O)C1CCN(c2cc(Cl)ccc2Cl)C1=O. The highest BCUT2D eigenvalue weighted by Gasteiger charge is 2.40. The van der Waals surface area contributed by atoms with Crippen molar-refractivity contribution in [3.05, 3.63) is 28.2 Å². The van der Waals surface area contributed by atoms with Gasteiger partial charge in [-0.1, -0.05) is 23.2 Å². The first-order valence-electron chi connectivity index (χ1n) is 7.61. The van der Waals surface area contributed by atoms with Gasteiger partial charge in [-0.2, -0.15) is 0 Å².